The van der Waals surface area contributed by atoms with Crippen molar-refractivity contribution >= 4 is 39.2 Å². The summed E-state index contributed by atoms with van der Waals surface area (Å²) in [5.74, 6) is 0.265. The number of nitrogens with two attached hydrogens (primary N) is 1. The number of aromatic nitrogens is 2. The molecule has 3 N–H and O–H groups in total. The van der Waals surface area contributed by atoms with E-state index in [9.17, 15) is 4.79 Å². The number of nitrogens with one attached hydrogen (secondary N) is 1. The monoisotopic (exact) mass is 266 g/mol. The Labute approximate surface area is 115 Å². The van der Waals surface area contributed by atoms with Gasteiger partial charge in [0.1, 0.15) is 5.52 Å². The van der Waals surface area contributed by atoms with Crippen LogP contribution >= 0.6 is 0 Å². The van der Waals surface area contributed by atoms with E-state index < -0.39 is 0 Å². The van der Waals surface area contributed by atoms with Crippen LogP contribution in [0.4, 0.5) is 11.5 Å². The number of nitrogen functional groups attached to an aromatic ring is 1. The lowest BCUT2D eigenvalue weighted by atomic mass is 10.1. The summed E-state index contributed by atoms with van der Waals surface area (Å²) in [6.45, 7) is 3.47. The van der Waals surface area contributed by atoms with Gasteiger partial charge in [0.05, 0.1) is 17.4 Å². The van der Waals surface area contributed by atoms with Crippen LogP contribution in [0, 0.1) is 6.92 Å². The molecule has 0 saturated heterocycles. The third kappa shape index (κ3) is 2.03. The first kappa shape index (κ1) is 12.3. The third-order valence-electron chi connectivity index (χ3n) is 3.13. The molecule has 0 unspecified atom stereocenters. The lowest BCUT2D eigenvalue weighted by molar-refractivity contribution is -0.114. The van der Waals surface area contributed by atoms with Crippen LogP contribution in [0.15, 0.2) is 30.5 Å². The molecule has 0 aliphatic carbocycles. The van der Waals surface area contributed by atoms with Gasteiger partial charge in [-0.2, -0.15) is 0 Å². The molecule has 0 spiro atoms. The van der Waals surface area contributed by atoms with E-state index in [1.165, 1.54) is 6.92 Å². The van der Waals surface area contributed by atoms with Crippen molar-refractivity contribution in [3.05, 3.63) is 36.0 Å². The normalized spacial score (nSPS) is 10.9. The SMILES string of the molecule is CC(=O)Nc1cnc2c(N)nc3cc(C)ccc3c2c1. The molecule has 0 bridgehead atoms. The van der Waals surface area contributed by atoms with Gasteiger partial charge >= 0.3 is 0 Å². The predicted octanol–water partition coefficient (Wildman–Crippen LogP) is 2.63. The molecule has 100 valence electrons. The number of nitrogens with zero attached hydrogens (tertiary/aromatic N) is 2. The van der Waals surface area contributed by atoms with Crippen LogP contribution in [0.1, 0.15) is 12.5 Å². The third-order valence-corrected chi connectivity index (χ3v) is 3.13. The van der Waals surface area contributed by atoms with E-state index in [2.05, 4.69) is 15.3 Å². The Kier molecular flexibility index (Phi) is 2.75. The van der Waals surface area contributed by atoms with E-state index in [1.807, 2.05) is 31.2 Å². The van der Waals surface area contributed by atoms with Gasteiger partial charge in [0.15, 0.2) is 5.82 Å². The van der Waals surface area contributed by atoms with Crippen LogP contribution in [0.25, 0.3) is 21.8 Å². The molecule has 0 fully saturated rings. The molecule has 20 heavy (non-hydrogen) atoms. The molecule has 5 nitrogen and oxygen atoms in total. The molecular formula is C15H14N4O. The van der Waals surface area contributed by atoms with Crippen molar-refractivity contribution in [1.82, 2.24) is 9.97 Å². The van der Waals surface area contributed by atoms with Gasteiger partial charge < -0.3 is 11.1 Å². The molecule has 0 aliphatic heterocycles. The van der Waals surface area contributed by atoms with Crippen molar-refractivity contribution < 1.29 is 4.79 Å². The van der Waals surface area contributed by atoms with Gasteiger partial charge in [-0.25, -0.2) is 4.98 Å². The number of rotatable bonds is 1. The molecule has 0 aliphatic rings. The van der Waals surface area contributed by atoms with Crippen molar-refractivity contribution in [2.45, 2.75) is 13.8 Å². The zero-order chi connectivity index (χ0) is 14.3. The van der Waals surface area contributed by atoms with Crippen LogP contribution in [0.2, 0.25) is 0 Å². The van der Waals surface area contributed by atoms with E-state index in [0.717, 1.165) is 21.9 Å². The van der Waals surface area contributed by atoms with Crippen LogP contribution in [0.5, 0.6) is 0 Å². The van der Waals surface area contributed by atoms with Crippen LogP contribution in [-0.4, -0.2) is 15.9 Å². The van der Waals surface area contributed by atoms with Gasteiger partial charge in [0.25, 0.3) is 0 Å². The zero-order valence-electron chi connectivity index (χ0n) is 11.3. The van der Waals surface area contributed by atoms with Gasteiger partial charge in [-0.3, -0.25) is 9.78 Å². The summed E-state index contributed by atoms with van der Waals surface area (Å²) in [5, 5.41) is 4.59. The summed E-state index contributed by atoms with van der Waals surface area (Å²) in [7, 11) is 0. The van der Waals surface area contributed by atoms with E-state index in [-0.39, 0.29) is 5.91 Å². The molecular weight excluding hydrogens is 252 g/mol. The molecule has 2 aromatic heterocycles. The highest BCUT2D eigenvalue weighted by molar-refractivity contribution is 6.09. The highest BCUT2D eigenvalue weighted by Gasteiger charge is 2.09. The topological polar surface area (TPSA) is 80.9 Å². The second-order valence-electron chi connectivity index (χ2n) is 4.82. The van der Waals surface area contributed by atoms with Crippen molar-refractivity contribution in [2.75, 3.05) is 11.1 Å². The summed E-state index contributed by atoms with van der Waals surface area (Å²) in [6, 6.07) is 7.87. The Morgan fingerprint density at radius 2 is 2.05 bits per heavy atom. The summed E-state index contributed by atoms with van der Waals surface area (Å²) in [4.78, 5) is 19.8. The van der Waals surface area contributed by atoms with Crippen molar-refractivity contribution in [3.63, 3.8) is 0 Å². The second kappa shape index (κ2) is 4.45. The maximum absolute atomic E-state index is 11.1. The molecule has 1 amide bonds. The molecule has 3 rings (SSSR count). The molecule has 0 atom stereocenters. The average molecular weight is 266 g/mol. The number of anilines is 2. The van der Waals surface area contributed by atoms with Crippen LogP contribution < -0.4 is 11.1 Å². The highest BCUT2D eigenvalue weighted by Crippen LogP contribution is 2.28. The minimum absolute atomic E-state index is 0.131. The summed E-state index contributed by atoms with van der Waals surface area (Å²) < 4.78 is 0. The Bertz CT molecular complexity index is 842. The molecule has 1 aromatic carbocycles. The summed E-state index contributed by atoms with van der Waals surface area (Å²) >= 11 is 0. The first-order valence-electron chi connectivity index (χ1n) is 6.28. The fourth-order valence-electron chi connectivity index (χ4n) is 2.29. The number of carbonyl (C=O) groups excluding carboxylic acids is 1. The van der Waals surface area contributed by atoms with Crippen LogP contribution in [0.3, 0.4) is 0 Å². The zero-order valence-corrected chi connectivity index (χ0v) is 11.3. The van der Waals surface area contributed by atoms with E-state index in [4.69, 9.17) is 5.73 Å². The van der Waals surface area contributed by atoms with Crippen LogP contribution in [-0.2, 0) is 4.79 Å². The number of carbonyl (C=O) groups is 1. The number of pyridine rings is 2. The Morgan fingerprint density at radius 1 is 1.25 bits per heavy atom. The van der Waals surface area contributed by atoms with Crippen molar-refractivity contribution in [3.8, 4) is 0 Å². The molecule has 0 saturated carbocycles. The lowest BCUT2D eigenvalue weighted by Crippen LogP contribution is -2.06. The average Bonchev–Trinajstić information content (AvgIpc) is 2.37. The van der Waals surface area contributed by atoms with Crippen molar-refractivity contribution in [2.24, 2.45) is 0 Å². The Hall–Kier alpha value is -2.69. The maximum Gasteiger partial charge on any atom is 0.221 e. The number of hydrogen-bond donors (Lipinski definition) is 2. The first-order chi connectivity index (χ1) is 9.54. The molecule has 5 heteroatoms. The Morgan fingerprint density at radius 3 is 2.80 bits per heavy atom. The van der Waals surface area contributed by atoms with Crippen molar-refractivity contribution in [1.29, 1.82) is 0 Å². The minimum Gasteiger partial charge on any atom is -0.382 e. The maximum atomic E-state index is 11.1. The number of aryl methyl sites for hydroxylation is 1. The van der Waals surface area contributed by atoms with E-state index in [0.29, 0.717) is 17.0 Å². The second-order valence-corrected chi connectivity index (χ2v) is 4.82. The molecule has 3 aromatic rings. The number of amides is 1. The predicted molar refractivity (Wildman–Crippen MR) is 80.5 cm³/mol. The van der Waals surface area contributed by atoms with Gasteiger partial charge in [-0.05, 0) is 24.6 Å². The fraction of sp³-hybridized carbons (Fsp3) is 0.133. The standard InChI is InChI=1S/C15H14N4O/c1-8-3-4-11-12-6-10(18-9(2)20)7-17-14(12)15(16)19-13(11)5-8/h3-7H,1-2H3,(H2,16,19)(H,18,20). The summed E-state index contributed by atoms with van der Waals surface area (Å²) in [5.41, 5.74) is 9.21. The van der Waals surface area contributed by atoms with E-state index >= 15 is 0 Å². The largest absolute Gasteiger partial charge is 0.382 e. The van der Waals surface area contributed by atoms with E-state index in [1.54, 1.807) is 6.20 Å². The molecule has 0 radical (unpaired) electrons. The highest BCUT2D eigenvalue weighted by atomic mass is 16.1. The van der Waals surface area contributed by atoms with Gasteiger partial charge in [0.2, 0.25) is 5.91 Å². The number of benzene rings is 1. The first-order valence-corrected chi connectivity index (χ1v) is 6.28. The van der Waals surface area contributed by atoms with Gasteiger partial charge in [-0.15, -0.1) is 0 Å². The molecule has 2 heterocycles. The quantitative estimate of drug-likeness (QED) is 0.663. The van der Waals surface area contributed by atoms with Gasteiger partial charge in [0, 0.05) is 17.7 Å². The number of hydrogen-bond acceptors (Lipinski definition) is 4. The minimum atomic E-state index is -0.131. The Balaban J connectivity index is 2.35. The summed E-state index contributed by atoms with van der Waals surface area (Å²) in [6.07, 6.45) is 1.59. The fourth-order valence-corrected chi connectivity index (χ4v) is 2.29. The van der Waals surface area contributed by atoms with Gasteiger partial charge in [-0.1, -0.05) is 12.1 Å². The smallest absolute Gasteiger partial charge is 0.221 e. The number of fused-ring (bicyclic) bond motifs is 3. The lowest BCUT2D eigenvalue weighted by Gasteiger charge is -2.08.